The van der Waals surface area contributed by atoms with Gasteiger partial charge in [0.1, 0.15) is 5.75 Å². The topological polar surface area (TPSA) is 89.7 Å². The second-order valence-corrected chi connectivity index (χ2v) is 7.46. The van der Waals surface area contributed by atoms with Gasteiger partial charge in [0.2, 0.25) is 5.91 Å². The summed E-state index contributed by atoms with van der Waals surface area (Å²) in [7, 11) is 1.54. The highest BCUT2D eigenvalue weighted by Crippen LogP contribution is 2.34. The summed E-state index contributed by atoms with van der Waals surface area (Å²) in [6.45, 7) is 1.00. The molecule has 2 aromatic heterocycles. The lowest BCUT2D eigenvalue weighted by Crippen LogP contribution is -2.48. The summed E-state index contributed by atoms with van der Waals surface area (Å²) < 4.78 is 47.7. The van der Waals surface area contributed by atoms with Crippen LogP contribution in [-0.4, -0.2) is 63.8 Å². The van der Waals surface area contributed by atoms with Gasteiger partial charge in [0.15, 0.2) is 5.65 Å². The van der Waals surface area contributed by atoms with Gasteiger partial charge in [-0.2, -0.15) is 5.10 Å². The van der Waals surface area contributed by atoms with Gasteiger partial charge in [0.25, 0.3) is 0 Å². The van der Waals surface area contributed by atoms with Crippen LogP contribution in [0.4, 0.5) is 13.2 Å². The van der Waals surface area contributed by atoms with Crippen LogP contribution in [-0.2, 0) is 16.1 Å². The third-order valence-corrected chi connectivity index (χ3v) is 5.27. The number of aromatic nitrogens is 3. The van der Waals surface area contributed by atoms with Crippen molar-refractivity contribution in [3.05, 3.63) is 59.9 Å². The number of amides is 1. The molecule has 1 aliphatic heterocycles. The van der Waals surface area contributed by atoms with Crippen LogP contribution in [0.25, 0.3) is 16.7 Å². The number of carbonyl (C=O) groups excluding carboxylic acids is 1. The number of aliphatic hydroxyl groups excluding tert-OH is 1. The molecule has 0 bridgehead atoms. The van der Waals surface area contributed by atoms with Gasteiger partial charge in [-0.25, -0.2) is 9.67 Å². The first-order valence-electron chi connectivity index (χ1n) is 10.1. The molecular weight excluding hydrogens is 441 g/mol. The van der Waals surface area contributed by atoms with Crippen molar-refractivity contribution in [2.75, 3.05) is 26.8 Å². The van der Waals surface area contributed by atoms with Crippen molar-refractivity contribution in [2.24, 2.45) is 0 Å². The van der Waals surface area contributed by atoms with Crippen molar-refractivity contribution in [3.63, 3.8) is 0 Å². The molecule has 1 aromatic carbocycles. The predicted molar refractivity (Wildman–Crippen MR) is 112 cm³/mol. The molecule has 0 spiro atoms. The molecule has 1 amide bonds. The van der Waals surface area contributed by atoms with Crippen LogP contribution in [0.5, 0.6) is 5.75 Å². The van der Waals surface area contributed by atoms with E-state index in [1.165, 1.54) is 41.2 Å². The van der Waals surface area contributed by atoms with Crippen molar-refractivity contribution < 1.29 is 32.5 Å². The second-order valence-electron chi connectivity index (χ2n) is 7.46. The summed E-state index contributed by atoms with van der Waals surface area (Å²) in [5.41, 5.74) is 2.25. The Bertz CT molecular complexity index is 1170. The lowest BCUT2D eigenvalue weighted by Gasteiger charge is -2.38. The van der Waals surface area contributed by atoms with E-state index in [-0.39, 0.29) is 24.2 Å². The zero-order valence-corrected chi connectivity index (χ0v) is 17.6. The van der Waals surface area contributed by atoms with Gasteiger partial charge in [0.05, 0.1) is 24.6 Å². The number of ether oxygens (including phenoxy) is 2. The molecule has 33 heavy (non-hydrogen) atoms. The van der Waals surface area contributed by atoms with Crippen LogP contribution in [0.1, 0.15) is 17.2 Å². The molecule has 3 aromatic rings. The SMILES string of the molecule is COC/C=C/C(=O)N1CC(c2nn(-c3ccc(OC(F)(F)F)cc3)c3nccc(CO)c23)C1. The minimum absolute atomic E-state index is 0.0733. The molecule has 4 rings (SSSR count). The number of benzene rings is 1. The molecule has 8 nitrogen and oxygen atoms in total. The molecule has 0 saturated carbocycles. The Kier molecular flexibility index (Phi) is 6.34. The molecule has 174 valence electrons. The Labute approximate surface area is 186 Å². The Balaban J connectivity index is 1.63. The number of carbonyl (C=O) groups is 1. The molecule has 3 heterocycles. The highest BCUT2D eigenvalue weighted by molar-refractivity contribution is 5.89. The normalized spacial score (nSPS) is 14.8. The molecule has 1 aliphatic rings. The van der Waals surface area contributed by atoms with Crippen LogP contribution in [0, 0.1) is 0 Å². The zero-order valence-electron chi connectivity index (χ0n) is 17.6. The monoisotopic (exact) mass is 462 g/mol. The van der Waals surface area contributed by atoms with E-state index in [4.69, 9.17) is 4.74 Å². The number of pyridine rings is 1. The smallest absolute Gasteiger partial charge is 0.406 e. The van der Waals surface area contributed by atoms with Gasteiger partial charge in [0, 0.05) is 43.8 Å². The molecule has 1 saturated heterocycles. The van der Waals surface area contributed by atoms with Crippen LogP contribution in [0.3, 0.4) is 0 Å². The number of alkyl halides is 3. The van der Waals surface area contributed by atoms with Gasteiger partial charge in [-0.05, 0) is 35.9 Å². The Hall–Kier alpha value is -3.44. The maximum absolute atomic E-state index is 12.5. The number of methoxy groups -OCH3 is 1. The zero-order chi connectivity index (χ0) is 23.6. The fourth-order valence-electron chi connectivity index (χ4n) is 3.70. The van der Waals surface area contributed by atoms with Crippen molar-refractivity contribution in [2.45, 2.75) is 18.9 Å². The number of halogens is 3. The summed E-state index contributed by atoms with van der Waals surface area (Å²) in [5, 5.41) is 15.2. The summed E-state index contributed by atoms with van der Waals surface area (Å²) >= 11 is 0. The average molecular weight is 462 g/mol. The van der Waals surface area contributed by atoms with E-state index < -0.39 is 6.36 Å². The fourth-order valence-corrected chi connectivity index (χ4v) is 3.70. The van der Waals surface area contributed by atoms with Crippen LogP contribution in [0.15, 0.2) is 48.7 Å². The van der Waals surface area contributed by atoms with Gasteiger partial charge < -0.3 is 19.5 Å². The maximum atomic E-state index is 12.5. The maximum Gasteiger partial charge on any atom is 0.573 e. The fraction of sp³-hybridized carbons (Fsp3) is 0.318. The molecule has 1 fully saturated rings. The Morgan fingerprint density at radius 1 is 1.24 bits per heavy atom. The second kappa shape index (κ2) is 9.20. The Morgan fingerprint density at radius 2 is 1.97 bits per heavy atom. The van der Waals surface area contributed by atoms with Gasteiger partial charge >= 0.3 is 6.36 Å². The first-order chi connectivity index (χ1) is 15.8. The summed E-state index contributed by atoms with van der Waals surface area (Å²) in [6, 6.07) is 6.97. The highest BCUT2D eigenvalue weighted by Gasteiger charge is 2.35. The number of fused-ring (bicyclic) bond motifs is 1. The van der Waals surface area contributed by atoms with Crippen molar-refractivity contribution in [1.82, 2.24) is 19.7 Å². The molecule has 0 aliphatic carbocycles. The summed E-state index contributed by atoms with van der Waals surface area (Å²) in [5.74, 6) is -0.551. The van der Waals surface area contributed by atoms with E-state index in [9.17, 15) is 23.1 Å². The van der Waals surface area contributed by atoms with E-state index in [1.54, 1.807) is 24.2 Å². The van der Waals surface area contributed by atoms with Crippen molar-refractivity contribution in [3.8, 4) is 11.4 Å². The number of aliphatic hydroxyl groups is 1. The molecular formula is C22H21F3N4O4. The van der Waals surface area contributed by atoms with E-state index in [0.29, 0.717) is 47.7 Å². The standard InChI is InChI=1S/C22H21F3N4O4/c1-32-10-2-3-18(31)28-11-15(12-28)20-19-14(13-30)8-9-26-21(19)29(27-20)16-4-6-17(7-5-16)33-22(23,24)25/h2-9,15,30H,10-13H2,1H3/b3-2+. The lowest BCUT2D eigenvalue weighted by atomic mass is 9.93. The summed E-state index contributed by atoms with van der Waals surface area (Å²) in [6.07, 6.45) is -0.146. The van der Waals surface area contributed by atoms with Crippen LogP contribution >= 0.6 is 0 Å². The first kappa shape index (κ1) is 22.7. The Morgan fingerprint density at radius 3 is 2.61 bits per heavy atom. The van der Waals surface area contributed by atoms with E-state index in [1.807, 2.05) is 0 Å². The average Bonchev–Trinajstić information content (AvgIpc) is 3.12. The summed E-state index contributed by atoms with van der Waals surface area (Å²) in [4.78, 5) is 18.3. The highest BCUT2D eigenvalue weighted by atomic mass is 19.4. The molecule has 11 heteroatoms. The van der Waals surface area contributed by atoms with E-state index >= 15 is 0 Å². The largest absolute Gasteiger partial charge is 0.573 e. The molecule has 1 N–H and O–H groups in total. The lowest BCUT2D eigenvalue weighted by molar-refractivity contribution is -0.274. The number of hydrogen-bond donors (Lipinski definition) is 1. The van der Waals surface area contributed by atoms with E-state index in [2.05, 4.69) is 14.8 Å². The number of likely N-dealkylation sites (tertiary alicyclic amines) is 1. The third kappa shape index (κ3) is 4.83. The first-order valence-corrected chi connectivity index (χ1v) is 10.1. The van der Waals surface area contributed by atoms with Gasteiger partial charge in [-0.15, -0.1) is 13.2 Å². The molecule has 0 unspecified atom stereocenters. The minimum Gasteiger partial charge on any atom is -0.406 e. The number of hydrogen-bond acceptors (Lipinski definition) is 6. The van der Waals surface area contributed by atoms with Crippen LogP contribution < -0.4 is 4.74 Å². The number of nitrogens with zero attached hydrogens (tertiary/aromatic N) is 4. The van der Waals surface area contributed by atoms with Crippen molar-refractivity contribution in [1.29, 1.82) is 0 Å². The predicted octanol–water partition coefficient (Wildman–Crippen LogP) is 2.94. The quantitative estimate of drug-likeness (QED) is 0.543. The van der Waals surface area contributed by atoms with Crippen molar-refractivity contribution >= 4 is 16.9 Å². The molecule has 0 radical (unpaired) electrons. The van der Waals surface area contributed by atoms with Gasteiger partial charge in [-0.3, -0.25) is 4.79 Å². The number of rotatable bonds is 7. The van der Waals surface area contributed by atoms with Gasteiger partial charge in [-0.1, -0.05) is 6.08 Å². The minimum atomic E-state index is -4.78. The van der Waals surface area contributed by atoms with E-state index in [0.717, 1.165) is 0 Å². The van der Waals surface area contributed by atoms with Crippen LogP contribution in [0.2, 0.25) is 0 Å². The molecule has 0 atom stereocenters. The third-order valence-electron chi connectivity index (χ3n) is 5.27.